The summed E-state index contributed by atoms with van der Waals surface area (Å²) < 4.78 is 38.8. The van der Waals surface area contributed by atoms with Crippen LogP contribution in [0.25, 0.3) is 0 Å². The summed E-state index contributed by atoms with van der Waals surface area (Å²) in [5.41, 5.74) is -0.845. The second kappa shape index (κ2) is 5.08. The fraction of sp³-hybridized carbons (Fsp3) is 0.417. The minimum absolute atomic E-state index is 0.00890. The lowest BCUT2D eigenvalue weighted by Crippen LogP contribution is -2.41. The number of nitrogens with zero attached hydrogens (tertiary/aromatic N) is 2. The maximum atomic E-state index is 12.9. The van der Waals surface area contributed by atoms with E-state index in [4.69, 9.17) is 5.11 Å². The van der Waals surface area contributed by atoms with Gasteiger partial charge in [-0.25, -0.2) is 0 Å². The van der Waals surface area contributed by atoms with E-state index >= 15 is 0 Å². The molecule has 0 radical (unpaired) electrons. The number of carbonyl (C=O) groups excluding carboxylic acids is 1. The van der Waals surface area contributed by atoms with Crippen LogP contribution in [0.3, 0.4) is 0 Å². The van der Waals surface area contributed by atoms with Gasteiger partial charge in [0.15, 0.2) is 0 Å². The van der Waals surface area contributed by atoms with Gasteiger partial charge < -0.3 is 5.11 Å². The van der Waals surface area contributed by atoms with Gasteiger partial charge in [-0.15, -0.1) is 0 Å². The second-order valence-electron chi connectivity index (χ2n) is 4.13. The maximum absolute atomic E-state index is 12.9. The first-order chi connectivity index (χ1) is 8.95. The topological polar surface area (TPSA) is 43.8 Å². The molecule has 1 aromatic carbocycles. The van der Waals surface area contributed by atoms with Crippen molar-refractivity contribution in [3.8, 4) is 0 Å². The molecule has 1 aliphatic heterocycles. The number of carbonyl (C=O) groups is 1. The number of anilines is 1. The highest BCUT2D eigenvalue weighted by atomic mass is 19.4. The highest BCUT2D eigenvalue weighted by Gasteiger charge is 2.38. The minimum Gasteiger partial charge on any atom is -0.394 e. The molecule has 0 bridgehead atoms. The number of β-amino-alcohol motifs (C(OH)–C–C–N with tert-alkyl or cyclic N) is 1. The Morgan fingerprint density at radius 3 is 2.58 bits per heavy atom. The summed E-state index contributed by atoms with van der Waals surface area (Å²) in [7, 11) is 0. The van der Waals surface area contributed by atoms with Crippen LogP contribution in [-0.4, -0.2) is 35.7 Å². The number of benzene rings is 1. The van der Waals surface area contributed by atoms with Gasteiger partial charge in [-0.2, -0.15) is 13.2 Å². The van der Waals surface area contributed by atoms with Gasteiger partial charge in [0.2, 0.25) is 5.91 Å². The first-order valence-electron chi connectivity index (χ1n) is 5.80. The third-order valence-electron chi connectivity index (χ3n) is 2.92. The van der Waals surface area contributed by atoms with Crippen molar-refractivity contribution in [1.82, 2.24) is 5.01 Å². The number of halogens is 3. The summed E-state index contributed by atoms with van der Waals surface area (Å²) in [5.74, 6) is -0.286. The third-order valence-corrected chi connectivity index (χ3v) is 2.92. The molecule has 1 N–H and O–H groups in total. The van der Waals surface area contributed by atoms with Crippen LogP contribution in [0.15, 0.2) is 24.3 Å². The normalized spacial score (nSPS) is 16.3. The molecule has 0 aromatic heterocycles. The molecule has 4 nitrogen and oxygen atoms in total. The molecule has 1 aromatic rings. The average molecular weight is 274 g/mol. The summed E-state index contributed by atoms with van der Waals surface area (Å²) in [6.45, 7) is -0.118. The van der Waals surface area contributed by atoms with Crippen molar-refractivity contribution in [1.29, 1.82) is 0 Å². The summed E-state index contributed by atoms with van der Waals surface area (Å²) in [4.78, 5) is 11.6. The smallest absolute Gasteiger partial charge is 0.394 e. The van der Waals surface area contributed by atoms with E-state index in [0.717, 1.165) is 11.1 Å². The Balaban J connectivity index is 2.39. The molecular weight excluding hydrogens is 261 g/mol. The molecule has 1 saturated heterocycles. The Bertz CT molecular complexity index is 476. The van der Waals surface area contributed by atoms with Gasteiger partial charge in [0.05, 0.1) is 24.4 Å². The van der Waals surface area contributed by atoms with Crippen molar-refractivity contribution < 1.29 is 23.1 Å². The number of aliphatic hydroxyl groups is 1. The predicted molar refractivity (Wildman–Crippen MR) is 62.2 cm³/mol. The van der Waals surface area contributed by atoms with Gasteiger partial charge >= 0.3 is 6.18 Å². The number of hydrogen-bond acceptors (Lipinski definition) is 3. The summed E-state index contributed by atoms with van der Waals surface area (Å²) >= 11 is 0. The average Bonchev–Trinajstić information content (AvgIpc) is 2.71. The summed E-state index contributed by atoms with van der Waals surface area (Å²) in [5, 5.41) is 11.3. The number of alkyl halides is 3. The first kappa shape index (κ1) is 13.7. The largest absolute Gasteiger partial charge is 0.418 e. The highest BCUT2D eigenvalue weighted by Crippen LogP contribution is 2.37. The van der Waals surface area contributed by atoms with Crippen LogP contribution in [-0.2, 0) is 11.0 Å². The maximum Gasteiger partial charge on any atom is 0.418 e. The lowest BCUT2D eigenvalue weighted by Gasteiger charge is -2.31. The highest BCUT2D eigenvalue weighted by molar-refractivity contribution is 5.82. The zero-order valence-corrected chi connectivity index (χ0v) is 10.0. The Morgan fingerprint density at radius 2 is 1.95 bits per heavy atom. The van der Waals surface area contributed by atoms with E-state index in [1.807, 2.05) is 0 Å². The molecule has 104 valence electrons. The molecule has 7 heteroatoms. The van der Waals surface area contributed by atoms with Crippen molar-refractivity contribution >= 4 is 11.6 Å². The van der Waals surface area contributed by atoms with E-state index in [2.05, 4.69) is 0 Å². The molecule has 0 unspecified atom stereocenters. The van der Waals surface area contributed by atoms with Gasteiger partial charge in [-0.3, -0.25) is 14.8 Å². The van der Waals surface area contributed by atoms with E-state index in [0.29, 0.717) is 0 Å². The number of aliphatic hydroxyl groups excluding tert-OH is 1. The molecule has 1 fully saturated rings. The second-order valence-corrected chi connectivity index (χ2v) is 4.13. The first-order valence-corrected chi connectivity index (χ1v) is 5.80. The van der Waals surface area contributed by atoms with Crippen LogP contribution >= 0.6 is 0 Å². The molecule has 19 heavy (non-hydrogen) atoms. The number of rotatable bonds is 3. The lowest BCUT2D eigenvalue weighted by atomic mass is 10.1. The fourth-order valence-electron chi connectivity index (χ4n) is 2.12. The van der Waals surface area contributed by atoms with Gasteiger partial charge in [-0.05, 0) is 12.1 Å². The van der Waals surface area contributed by atoms with Crippen molar-refractivity contribution in [2.24, 2.45) is 0 Å². The molecule has 1 amide bonds. The molecule has 1 heterocycles. The van der Waals surface area contributed by atoms with Crippen LogP contribution in [0.1, 0.15) is 12.0 Å². The fourth-order valence-corrected chi connectivity index (χ4v) is 2.12. The molecule has 0 saturated carbocycles. The van der Waals surface area contributed by atoms with Crippen molar-refractivity contribution in [2.75, 3.05) is 24.7 Å². The summed E-state index contributed by atoms with van der Waals surface area (Å²) in [6, 6.07) is 5.10. The zero-order valence-electron chi connectivity index (χ0n) is 10.0. The van der Waals surface area contributed by atoms with Gasteiger partial charge in [-0.1, -0.05) is 12.1 Å². The third kappa shape index (κ3) is 2.65. The van der Waals surface area contributed by atoms with Gasteiger partial charge in [0.1, 0.15) is 0 Å². The minimum atomic E-state index is -4.48. The van der Waals surface area contributed by atoms with Gasteiger partial charge in [0.25, 0.3) is 0 Å². The number of hydrazine groups is 1. The lowest BCUT2D eigenvalue weighted by molar-refractivity contribution is -0.138. The molecule has 2 rings (SSSR count). The molecular formula is C12H13F3N2O2. The zero-order chi connectivity index (χ0) is 14.0. The summed E-state index contributed by atoms with van der Waals surface area (Å²) in [6.07, 6.45) is -4.33. The van der Waals surface area contributed by atoms with Crippen LogP contribution in [0.2, 0.25) is 0 Å². The Hall–Kier alpha value is -1.76. The Labute approximate surface area is 108 Å². The van der Waals surface area contributed by atoms with Crippen LogP contribution < -0.4 is 5.01 Å². The Kier molecular flexibility index (Phi) is 3.66. The van der Waals surface area contributed by atoms with E-state index in [-0.39, 0.29) is 37.7 Å². The number of para-hydroxylation sites is 1. The van der Waals surface area contributed by atoms with E-state index in [9.17, 15) is 18.0 Å². The number of amides is 1. The monoisotopic (exact) mass is 274 g/mol. The van der Waals surface area contributed by atoms with E-state index in [1.54, 1.807) is 0 Å². The predicted octanol–water partition coefficient (Wildman–Crippen LogP) is 1.65. The molecule has 0 spiro atoms. The SMILES string of the molecule is O=C1CCN(c2ccccc2C(F)(F)F)N1CCO. The molecule has 0 aliphatic carbocycles. The van der Waals surface area contributed by atoms with Crippen LogP contribution in [0.4, 0.5) is 18.9 Å². The van der Waals surface area contributed by atoms with Crippen LogP contribution in [0, 0.1) is 0 Å². The molecule has 0 atom stereocenters. The Morgan fingerprint density at radius 1 is 1.26 bits per heavy atom. The van der Waals surface area contributed by atoms with Crippen molar-refractivity contribution in [2.45, 2.75) is 12.6 Å². The van der Waals surface area contributed by atoms with Crippen molar-refractivity contribution in [3.05, 3.63) is 29.8 Å². The van der Waals surface area contributed by atoms with E-state index in [1.165, 1.54) is 23.2 Å². The van der Waals surface area contributed by atoms with Crippen LogP contribution in [0.5, 0.6) is 0 Å². The number of hydrogen-bond donors (Lipinski definition) is 1. The van der Waals surface area contributed by atoms with E-state index < -0.39 is 11.7 Å². The van der Waals surface area contributed by atoms with Crippen molar-refractivity contribution in [3.63, 3.8) is 0 Å². The quantitative estimate of drug-likeness (QED) is 0.911. The standard InChI is InChI=1S/C12H13F3N2O2/c13-12(14,15)9-3-1-2-4-10(9)16-6-5-11(19)17(16)7-8-18/h1-4,18H,5-8H2. The van der Waals surface area contributed by atoms with Gasteiger partial charge in [0, 0.05) is 13.0 Å². The molecule has 1 aliphatic rings.